The molecule has 0 aliphatic carbocycles. The van der Waals surface area contributed by atoms with E-state index in [4.69, 9.17) is 10.2 Å². The van der Waals surface area contributed by atoms with E-state index in [1.807, 2.05) is 13.0 Å². The van der Waals surface area contributed by atoms with Crippen molar-refractivity contribution in [3.05, 3.63) is 29.9 Å². The maximum absolute atomic E-state index is 5.39. The second-order valence-corrected chi connectivity index (χ2v) is 2.73. The van der Waals surface area contributed by atoms with Gasteiger partial charge in [-0.1, -0.05) is 0 Å². The molecule has 0 saturated carbocycles. The molecule has 5 nitrogen and oxygen atoms in total. The average molecular weight is 178 g/mol. The van der Waals surface area contributed by atoms with Gasteiger partial charge in [-0.15, -0.1) is 0 Å². The van der Waals surface area contributed by atoms with Gasteiger partial charge in [0.15, 0.2) is 0 Å². The van der Waals surface area contributed by atoms with Gasteiger partial charge in [0.1, 0.15) is 6.26 Å². The first kappa shape index (κ1) is 8.00. The van der Waals surface area contributed by atoms with E-state index in [9.17, 15) is 0 Å². The van der Waals surface area contributed by atoms with Crippen LogP contribution in [-0.4, -0.2) is 14.8 Å². The first-order valence-corrected chi connectivity index (χ1v) is 3.96. The van der Waals surface area contributed by atoms with Crippen LogP contribution in [0.3, 0.4) is 0 Å². The summed E-state index contributed by atoms with van der Waals surface area (Å²) in [5, 5.41) is 4.15. The second-order valence-electron chi connectivity index (χ2n) is 2.73. The summed E-state index contributed by atoms with van der Waals surface area (Å²) in [5.41, 5.74) is 7.04. The Morgan fingerprint density at radius 3 is 3.00 bits per heavy atom. The lowest BCUT2D eigenvalue weighted by Gasteiger charge is -1.90. The van der Waals surface area contributed by atoms with Gasteiger partial charge in [0.05, 0.1) is 11.4 Å². The van der Waals surface area contributed by atoms with Gasteiger partial charge in [0.25, 0.3) is 0 Å². The highest BCUT2D eigenvalue weighted by Crippen LogP contribution is 2.06. The van der Waals surface area contributed by atoms with Crippen LogP contribution in [0.4, 0.5) is 0 Å². The average Bonchev–Trinajstić information content (AvgIpc) is 2.71. The fraction of sp³-hybridized carbons (Fsp3) is 0.250. The lowest BCUT2D eigenvalue weighted by Crippen LogP contribution is -1.99. The molecule has 0 radical (unpaired) electrons. The Labute approximate surface area is 75.2 Å². The van der Waals surface area contributed by atoms with Crippen LogP contribution in [0.25, 0.3) is 6.01 Å². The highest BCUT2D eigenvalue weighted by Gasteiger charge is 2.04. The standard InChI is InChI=1S/C8H10N4O/c1-6-2-3-12(11-6)8-10-7(4-9)5-13-8/h2-3,5H,4,9H2,1H3. The van der Waals surface area contributed by atoms with Crippen molar-refractivity contribution in [1.29, 1.82) is 0 Å². The van der Waals surface area contributed by atoms with E-state index in [0.29, 0.717) is 12.6 Å². The minimum Gasteiger partial charge on any atom is -0.430 e. The molecule has 2 aromatic rings. The molecule has 0 aliphatic heterocycles. The minimum atomic E-state index is 0.379. The van der Waals surface area contributed by atoms with Crippen molar-refractivity contribution < 1.29 is 4.42 Å². The number of nitrogens with two attached hydrogens (primary N) is 1. The van der Waals surface area contributed by atoms with Gasteiger partial charge in [-0.3, -0.25) is 0 Å². The molecule has 0 fully saturated rings. The van der Waals surface area contributed by atoms with Gasteiger partial charge >= 0.3 is 6.01 Å². The monoisotopic (exact) mass is 178 g/mol. The Bertz CT molecular complexity index is 404. The smallest absolute Gasteiger partial charge is 0.322 e. The summed E-state index contributed by atoms with van der Waals surface area (Å²) in [6.07, 6.45) is 3.33. The molecular weight excluding hydrogens is 168 g/mol. The Hall–Kier alpha value is -1.62. The second kappa shape index (κ2) is 3.02. The van der Waals surface area contributed by atoms with Crippen LogP contribution in [-0.2, 0) is 6.54 Å². The van der Waals surface area contributed by atoms with E-state index in [-0.39, 0.29) is 0 Å². The van der Waals surface area contributed by atoms with Crippen molar-refractivity contribution in [2.75, 3.05) is 0 Å². The van der Waals surface area contributed by atoms with E-state index in [0.717, 1.165) is 11.4 Å². The van der Waals surface area contributed by atoms with Gasteiger partial charge in [-0.2, -0.15) is 14.8 Å². The van der Waals surface area contributed by atoms with E-state index in [1.54, 1.807) is 10.9 Å². The molecule has 13 heavy (non-hydrogen) atoms. The fourth-order valence-electron chi connectivity index (χ4n) is 1.02. The minimum absolute atomic E-state index is 0.379. The molecule has 2 aromatic heterocycles. The Balaban J connectivity index is 2.35. The first-order chi connectivity index (χ1) is 6.29. The van der Waals surface area contributed by atoms with Crippen LogP contribution in [0.1, 0.15) is 11.4 Å². The fourth-order valence-corrected chi connectivity index (χ4v) is 1.02. The van der Waals surface area contributed by atoms with E-state index in [2.05, 4.69) is 10.1 Å². The van der Waals surface area contributed by atoms with Crippen molar-refractivity contribution >= 4 is 0 Å². The van der Waals surface area contributed by atoms with Crippen molar-refractivity contribution in [2.45, 2.75) is 13.5 Å². The number of hydrogen-bond acceptors (Lipinski definition) is 4. The number of hydrogen-bond donors (Lipinski definition) is 1. The van der Waals surface area contributed by atoms with Gasteiger partial charge in [-0.25, -0.2) is 0 Å². The summed E-state index contributed by atoms with van der Waals surface area (Å²) in [6, 6.07) is 2.33. The zero-order chi connectivity index (χ0) is 9.26. The molecule has 0 aromatic carbocycles. The number of oxazole rings is 1. The predicted octanol–water partition coefficient (Wildman–Crippen LogP) is 0.627. The van der Waals surface area contributed by atoms with Gasteiger partial charge in [0.2, 0.25) is 0 Å². The highest BCUT2D eigenvalue weighted by atomic mass is 16.4. The molecule has 2 rings (SSSR count). The maximum Gasteiger partial charge on any atom is 0.322 e. The molecular formula is C8H10N4O. The largest absolute Gasteiger partial charge is 0.430 e. The summed E-state index contributed by atoms with van der Waals surface area (Å²) in [7, 11) is 0. The molecule has 0 saturated heterocycles. The third kappa shape index (κ3) is 1.46. The van der Waals surface area contributed by atoms with Crippen molar-refractivity contribution in [2.24, 2.45) is 5.73 Å². The third-order valence-corrected chi connectivity index (χ3v) is 1.67. The van der Waals surface area contributed by atoms with E-state index < -0.39 is 0 Å². The van der Waals surface area contributed by atoms with E-state index >= 15 is 0 Å². The summed E-state index contributed by atoms with van der Waals surface area (Å²) in [6.45, 7) is 2.28. The summed E-state index contributed by atoms with van der Waals surface area (Å²) in [5.74, 6) is 0. The molecule has 0 unspecified atom stereocenters. The van der Waals surface area contributed by atoms with Crippen LogP contribution in [0, 0.1) is 6.92 Å². The molecule has 2 heterocycles. The van der Waals surface area contributed by atoms with Gasteiger partial charge in [-0.05, 0) is 13.0 Å². The maximum atomic E-state index is 5.39. The quantitative estimate of drug-likeness (QED) is 0.732. The van der Waals surface area contributed by atoms with Crippen LogP contribution >= 0.6 is 0 Å². The third-order valence-electron chi connectivity index (χ3n) is 1.67. The van der Waals surface area contributed by atoms with Crippen LogP contribution in [0.5, 0.6) is 0 Å². The summed E-state index contributed by atoms with van der Waals surface area (Å²) in [4.78, 5) is 4.12. The normalized spacial score (nSPS) is 10.6. The Morgan fingerprint density at radius 2 is 2.46 bits per heavy atom. The van der Waals surface area contributed by atoms with Crippen molar-refractivity contribution in [3.63, 3.8) is 0 Å². The zero-order valence-electron chi connectivity index (χ0n) is 7.27. The lowest BCUT2D eigenvalue weighted by atomic mass is 10.5. The van der Waals surface area contributed by atoms with Crippen LogP contribution < -0.4 is 5.73 Å². The molecule has 0 bridgehead atoms. The predicted molar refractivity (Wildman–Crippen MR) is 46.3 cm³/mol. The molecule has 2 N–H and O–H groups in total. The molecule has 0 spiro atoms. The zero-order valence-corrected chi connectivity index (χ0v) is 7.27. The topological polar surface area (TPSA) is 69.9 Å². The molecule has 0 atom stereocenters. The van der Waals surface area contributed by atoms with Crippen molar-refractivity contribution in [1.82, 2.24) is 14.8 Å². The molecule has 5 heteroatoms. The molecule has 68 valence electrons. The van der Waals surface area contributed by atoms with Crippen molar-refractivity contribution in [3.8, 4) is 6.01 Å². The van der Waals surface area contributed by atoms with Gasteiger partial charge < -0.3 is 10.2 Å². The first-order valence-electron chi connectivity index (χ1n) is 3.96. The Morgan fingerprint density at radius 1 is 1.62 bits per heavy atom. The number of rotatable bonds is 2. The Kier molecular flexibility index (Phi) is 1.86. The number of aromatic nitrogens is 3. The van der Waals surface area contributed by atoms with Crippen LogP contribution in [0.2, 0.25) is 0 Å². The lowest BCUT2D eigenvalue weighted by molar-refractivity contribution is 0.508. The summed E-state index contributed by atoms with van der Waals surface area (Å²) >= 11 is 0. The summed E-state index contributed by atoms with van der Waals surface area (Å²) < 4.78 is 6.74. The highest BCUT2D eigenvalue weighted by molar-refractivity contribution is 5.10. The van der Waals surface area contributed by atoms with Gasteiger partial charge in [0, 0.05) is 12.7 Å². The van der Waals surface area contributed by atoms with Crippen LogP contribution in [0.15, 0.2) is 22.9 Å². The van der Waals surface area contributed by atoms with E-state index in [1.165, 1.54) is 6.26 Å². The SMILES string of the molecule is Cc1ccn(-c2nc(CN)co2)n1. The number of aryl methyl sites for hydroxylation is 1. The number of nitrogens with zero attached hydrogens (tertiary/aromatic N) is 3. The molecule has 0 amide bonds. The molecule has 0 aliphatic rings.